The van der Waals surface area contributed by atoms with Crippen LogP contribution in [0.5, 0.6) is 0 Å². The van der Waals surface area contributed by atoms with E-state index in [9.17, 15) is 5.11 Å². The minimum atomic E-state index is 0. The van der Waals surface area contributed by atoms with Crippen molar-refractivity contribution in [2.75, 3.05) is 47.4 Å². The van der Waals surface area contributed by atoms with Crippen molar-refractivity contribution in [2.45, 2.75) is 0 Å². The van der Waals surface area contributed by atoms with Gasteiger partial charge in [0.05, 0.1) is 0 Å². The van der Waals surface area contributed by atoms with Gasteiger partial charge in [0.1, 0.15) is 0 Å². The molecule has 0 amide bonds. The second-order valence-electron chi connectivity index (χ2n) is 2.81. The zero-order valence-electron chi connectivity index (χ0n) is 8.13. The number of hydrogen-bond donors (Lipinski definition) is 0. The Morgan fingerprint density at radius 2 is 1.55 bits per heavy atom. The van der Waals surface area contributed by atoms with Crippen LogP contribution in [0.1, 0.15) is 0 Å². The smallest absolute Gasteiger partial charge is 0.854 e. The molecule has 0 aliphatic heterocycles. The molecule has 0 heterocycles. The van der Waals surface area contributed by atoms with E-state index in [0.717, 1.165) is 13.1 Å². The predicted molar refractivity (Wildman–Crippen MR) is 40.9 cm³/mol. The van der Waals surface area contributed by atoms with Gasteiger partial charge < -0.3 is 14.9 Å². The molecule has 11 heavy (non-hydrogen) atoms. The second kappa shape index (κ2) is 8.97. The molecule has 0 spiro atoms. The molecule has 0 unspecified atom stereocenters. The molecule has 0 N–H and O–H groups in total. The summed E-state index contributed by atoms with van der Waals surface area (Å²) >= 11 is 0. The third-order valence-corrected chi connectivity index (χ3v) is 1.40. The third kappa shape index (κ3) is 10.9. The molecular weight excluding hydrogens is 151 g/mol. The van der Waals surface area contributed by atoms with Gasteiger partial charge in [0.25, 0.3) is 0 Å². The zero-order chi connectivity index (χ0) is 7.98. The third-order valence-electron chi connectivity index (χ3n) is 1.40. The minimum absolute atomic E-state index is 0. The van der Waals surface area contributed by atoms with Crippen molar-refractivity contribution in [3.05, 3.63) is 0 Å². The summed E-state index contributed by atoms with van der Waals surface area (Å²) < 4.78 is 0. The molecule has 0 saturated carbocycles. The molecule has 0 aromatic heterocycles. The Labute approximate surface area is 91.7 Å². The molecule has 62 valence electrons. The van der Waals surface area contributed by atoms with Gasteiger partial charge in [-0.15, -0.1) is 6.61 Å². The molecule has 0 radical (unpaired) electrons. The molecule has 0 aliphatic rings. The largest absolute Gasteiger partial charge is 1.00 e. The van der Waals surface area contributed by atoms with Crippen LogP contribution in [0, 0.1) is 0 Å². The fourth-order valence-electron chi connectivity index (χ4n) is 0.638. The zero-order valence-corrected chi connectivity index (χ0v) is 10.1. The first kappa shape index (κ1) is 14.4. The van der Waals surface area contributed by atoms with Gasteiger partial charge in [-0.05, 0) is 27.7 Å². The Morgan fingerprint density at radius 3 is 1.91 bits per heavy atom. The molecule has 4 heteroatoms. The van der Waals surface area contributed by atoms with E-state index >= 15 is 0 Å². The van der Waals surface area contributed by atoms with Crippen molar-refractivity contribution in [3.63, 3.8) is 0 Å². The maximum atomic E-state index is 10.1. The fourth-order valence-corrected chi connectivity index (χ4v) is 0.638. The Hall–Kier alpha value is 0.880. The van der Waals surface area contributed by atoms with E-state index < -0.39 is 0 Å². The molecule has 0 rings (SSSR count). The van der Waals surface area contributed by atoms with Crippen molar-refractivity contribution in [1.82, 2.24) is 9.80 Å². The van der Waals surface area contributed by atoms with Crippen LogP contribution in [0.3, 0.4) is 0 Å². The molecule has 0 bridgehead atoms. The maximum absolute atomic E-state index is 10.1. The van der Waals surface area contributed by atoms with Gasteiger partial charge >= 0.3 is 29.6 Å². The van der Waals surface area contributed by atoms with Crippen LogP contribution in [-0.4, -0.2) is 57.2 Å². The number of nitrogens with zero attached hydrogens (tertiary/aromatic N) is 2. The Balaban J connectivity index is 0. The summed E-state index contributed by atoms with van der Waals surface area (Å²) in [6.45, 7) is 2.67. The van der Waals surface area contributed by atoms with Crippen LogP contribution in [0.4, 0.5) is 0 Å². The van der Waals surface area contributed by atoms with Crippen LogP contribution in [0.15, 0.2) is 0 Å². The van der Waals surface area contributed by atoms with Crippen molar-refractivity contribution in [3.8, 4) is 0 Å². The SMILES string of the molecule is CN(C)CCN(C)CC[O-].[Na+]. The van der Waals surface area contributed by atoms with Crippen LogP contribution in [-0.2, 0) is 0 Å². The van der Waals surface area contributed by atoms with Gasteiger partial charge in [0.15, 0.2) is 0 Å². The Morgan fingerprint density at radius 1 is 1.00 bits per heavy atom. The number of rotatable bonds is 5. The quantitative estimate of drug-likeness (QED) is 0.390. The summed E-state index contributed by atoms with van der Waals surface area (Å²) in [6.07, 6.45) is 0. The van der Waals surface area contributed by atoms with E-state index in [1.54, 1.807) is 0 Å². The van der Waals surface area contributed by atoms with Gasteiger partial charge in [-0.2, -0.15) is 0 Å². The molecule has 0 aromatic carbocycles. The number of likely N-dealkylation sites (N-methyl/N-ethyl adjacent to an activating group) is 2. The van der Waals surface area contributed by atoms with Crippen molar-refractivity contribution < 1.29 is 34.7 Å². The van der Waals surface area contributed by atoms with E-state index in [1.807, 2.05) is 26.0 Å². The molecule has 0 atom stereocenters. The Kier molecular flexibility index (Phi) is 11.8. The summed E-state index contributed by atoms with van der Waals surface area (Å²) in [7, 11) is 6.04. The average molecular weight is 168 g/mol. The average Bonchev–Trinajstić information content (AvgIpc) is 1.85. The summed E-state index contributed by atoms with van der Waals surface area (Å²) in [6, 6.07) is 0. The fraction of sp³-hybridized carbons (Fsp3) is 1.00. The summed E-state index contributed by atoms with van der Waals surface area (Å²) in [4.78, 5) is 4.16. The van der Waals surface area contributed by atoms with Gasteiger partial charge in [-0.25, -0.2) is 0 Å². The van der Waals surface area contributed by atoms with Crippen LogP contribution in [0.25, 0.3) is 0 Å². The minimum Gasteiger partial charge on any atom is -0.854 e. The Bertz CT molecular complexity index is 80.8. The van der Waals surface area contributed by atoms with Gasteiger partial charge in [-0.3, -0.25) is 0 Å². The van der Waals surface area contributed by atoms with E-state index in [0.29, 0.717) is 6.54 Å². The summed E-state index contributed by atoms with van der Waals surface area (Å²) in [5.41, 5.74) is 0. The van der Waals surface area contributed by atoms with Crippen LogP contribution >= 0.6 is 0 Å². The first-order valence-corrected chi connectivity index (χ1v) is 3.58. The molecule has 0 aromatic rings. The van der Waals surface area contributed by atoms with Crippen LogP contribution in [0.2, 0.25) is 0 Å². The predicted octanol–water partition coefficient (Wildman–Crippen LogP) is -4.16. The topological polar surface area (TPSA) is 29.5 Å². The monoisotopic (exact) mass is 168 g/mol. The van der Waals surface area contributed by atoms with E-state index in [2.05, 4.69) is 4.90 Å². The molecule has 0 fully saturated rings. The summed E-state index contributed by atoms with van der Waals surface area (Å²) in [5, 5.41) is 10.1. The molecular formula is C7H17N2NaO. The molecule has 0 saturated heterocycles. The van der Waals surface area contributed by atoms with Crippen molar-refractivity contribution in [2.24, 2.45) is 0 Å². The number of hydrogen-bond acceptors (Lipinski definition) is 3. The first-order chi connectivity index (χ1) is 4.66. The van der Waals surface area contributed by atoms with Crippen LogP contribution < -0.4 is 34.7 Å². The molecule has 3 nitrogen and oxygen atoms in total. The summed E-state index contributed by atoms with van der Waals surface area (Å²) in [5.74, 6) is 0. The normalized spacial score (nSPS) is 10.4. The maximum Gasteiger partial charge on any atom is 1.00 e. The van der Waals surface area contributed by atoms with E-state index in [1.165, 1.54) is 0 Å². The van der Waals surface area contributed by atoms with E-state index in [4.69, 9.17) is 0 Å². The van der Waals surface area contributed by atoms with Crippen molar-refractivity contribution in [1.29, 1.82) is 0 Å². The standard InChI is InChI=1S/C7H17N2O.Na/c1-8(2)4-5-9(3)6-7-10;/h4-7H2,1-3H3;/q-1;+1. The molecule has 0 aliphatic carbocycles. The van der Waals surface area contributed by atoms with Crippen molar-refractivity contribution >= 4 is 0 Å². The van der Waals surface area contributed by atoms with Gasteiger partial charge in [0, 0.05) is 13.1 Å². The van der Waals surface area contributed by atoms with Gasteiger partial charge in [0.2, 0.25) is 0 Å². The second-order valence-corrected chi connectivity index (χ2v) is 2.81. The first-order valence-electron chi connectivity index (χ1n) is 3.58. The van der Waals surface area contributed by atoms with Gasteiger partial charge in [-0.1, -0.05) is 0 Å². The van der Waals surface area contributed by atoms with E-state index in [-0.39, 0.29) is 36.2 Å².